The van der Waals surface area contributed by atoms with Gasteiger partial charge in [-0.2, -0.15) is 0 Å². The highest BCUT2D eigenvalue weighted by Gasteiger charge is 2.24. The lowest BCUT2D eigenvalue weighted by atomic mass is 10.1. The summed E-state index contributed by atoms with van der Waals surface area (Å²) in [5.74, 6) is -1.10. The first-order chi connectivity index (χ1) is 12.1. The topological polar surface area (TPSA) is 80.6 Å². The highest BCUT2D eigenvalue weighted by atomic mass is 16.6. The lowest BCUT2D eigenvalue weighted by Gasteiger charge is -2.22. The number of hydrogen-bond donors (Lipinski definition) is 2. The van der Waals surface area contributed by atoms with E-state index >= 15 is 0 Å². The van der Waals surface area contributed by atoms with E-state index in [2.05, 4.69) is 22.0 Å². The van der Waals surface area contributed by atoms with Crippen LogP contribution in [0.1, 0.15) is 37.7 Å². The number of alkyl carbamates (subject to hydrolysis) is 1. The number of benzene rings is 1. The highest BCUT2D eigenvalue weighted by molar-refractivity contribution is 5.80. The fourth-order valence-corrected chi connectivity index (χ4v) is 2.74. The number of aryl methyl sites for hydroxylation is 2. The molecule has 0 saturated heterocycles. The molecular weight excluding hydrogens is 332 g/mol. The van der Waals surface area contributed by atoms with Gasteiger partial charge in [0.05, 0.1) is 0 Å². The summed E-state index contributed by atoms with van der Waals surface area (Å²) in [6.45, 7) is 9.25. The summed E-state index contributed by atoms with van der Waals surface area (Å²) >= 11 is 0. The third kappa shape index (κ3) is 5.12. The number of carbonyl (C=O) groups is 2. The number of carboxylic acids is 1. The summed E-state index contributed by atoms with van der Waals surface area (Å²) in [6, 6.07) is 10.7. The molecular formula is C20H26N2O4. The van der Waals surface area contributed by atoms with E-state index in [0.717, 1.165) is 22.6 Å². The van der Waals surface area contributed by atoms with Crippen LogP contribution in [0.3, 0.4) is 0 Å². The van der Waals surface area contributed by atoms with Gasteiger partial charge in [-0.1, -0.05) is 12.1 Å². The molecule has 1 atom stereocenters. The number of carbonyl (C=O) groups excluding carboxylic acids is 1. The molecule has 1 unspecified atom stereocenters. The Balaban J connectivity index is 2.10. The van der Waals surface area contributed by atoms with Crippen molar-refractivity contribution in [2.45, 2.75) is 52.7 Å². The molecule has 0 radical (unpaired) electrons. The number of nitrogens with zero attached hydrogens (tertiary/aromatic N) is 1. The molecule has 140 valence electrons. The van der Waals surface area contributed by atoms with Gasteiger partial charge in [0.1, 0.15) is 11.6 Å². The lowest BCUT2D eigenvalue weighted by Crippen LogP contribution is -2.44. The molecule has 2 rings (SSSR count). The van der Waals surface area contributed by atoms with Gasteiger partial charge in [0, 0.05) is 23.5 Å². The SMILES string of the molecule is Cc1ccc(C)n1-c1ccc(CC(NC(=O)OC(C)(C)C)C(=O)O)cc1. The molecule has 0 bridgehead atoms. The van der Waals surface area contributed by atoms with Crippen molar-refractivity contribution in [3.05, 3.63) is 53.3 Å². The van der Waals surface area contributed by atoms with E-state index in [1.54, 1.807) is 20.8 Å². The average molecular weight is 358 g/mol. The number of hydrogen-bond acceptors (Lipinski definition) is 3. The molecule has 0 aliphatic rings. The van der Waals surface area contributed by atoms with Gasteiger partial charge in [-0.3, -0.25) is 0 Å². The fourth-order valence-electron chi connectivity index (χ4n) is 2.74. The first-order valence-electron chi connectivity index (χ1n) is 8.53. The van der Waals surface area contributed by atoms with Crippen LogP contribution in [0.5, 0.6) is 0 Å². The van der Waals surface area contributed by atoms with Gasteiger partial charge < -0.3 is 19.7 Å². The summed E-state index contributed by atoms with van der Waals surface area (Å²) in [7, 11) is 0. The van der Waals surface area contributed by atoms with Crippen molar-refractivity contribution in [1.82, 2.24) is 9.88 Å². The first-order valence-corrected chi connectivity index (χ1v) is 8.53. The summed E-state index contributed by atoms with van der Waals surface area (Å²) in [5, 5.41) is 11.8. The summed E-state index contributed by atoms with van der Waals surface area (Å²) in [5.41, 5.74) is 3.41. The van der Waals surface area contributed by atoms with E-state index in [-0.39, 0.29) is 6.42 Å². The molecule has 2 N–H and O–H groups in total. The second kappa shape index (κ2) is 7.64. The molecule has 2 aromatic rings. The van der Waals surface area contributed by atoms with Crippen LogP contribution < -0.4 is 5.32 Å². The van der Waals surface area contributed by atoms with Crippen LogP contribution in [0.25, 0.3) is 5.69 Å². The first kappa shape index (κ1) is 19.6. The molecule has 0 fully saturated rings. The van der Waals surface area contributed by atoms with Crippen LogP contribution >= 0.6 is 0 Å². The Morgan fingerprint density at radius 3 is 2.08 bits per heavy atom. The number of rotatable bonds is 5. The van der Waals surface area contributed by atoms with Crippen molar-refractivity contribution in [3.63, 3.8) is 0 Å². The molecule has 0 spiro atoms. The average Bonchev–Trinajstić information content (AvgIpc) is 2.84. The number of amides is 1. The third-order valence-corrected chi connectivity index (χ3v) is 3.89. The minimum atomic E-state index is -1.10. The largest absolute Gasteiger partial charge is 0.480 e. The lowest BCUT2D eigenvalue weighted by molar-refractivity contribution is -0.139. The molecule has 1 heterocycles. The Morgan fingerprint density at radius 1 is 1.08 bits per heavy atom. The highest BCUT2D eigenvalue weighted by Crippen LogP contribution is 2.17. The minimum Gasteiger partial charge on any atom is -0.480 e. The Morgan fingerprint density at radius 2 is 1.62 bits per heavy atom. The maximum atomic E-state index is 11.8. The van der Waals surface area contributed by atoms with Gasteiger partial charge in [0.2, 0.25) is 0 Å². The van der Waals surface area contributed by atoms with Crippen LogP contribution in [0.4, 0.5) is 4.79 Å². The molecule has 1 amide bonds. The van der Waals surface area contributed by atoms with Gasteiger partial charge in [0.15, 0.2) is 0 Å². The van der Waals surface area contributed by atoms with Crippen molar-refractivity contribution in [2.75, 3.05) is 0 Å². The number of carboxylic acid groups (broad SMARTS) is 1. The molecule has 1 aromatic heterocycles. The van der Waals surface area contributed by atoms with Crippen LogP contribution in [0, 0.1) is 13.8 Å². The smallest absolute Gasteiger partial charge is 0.408 e. The van der Waals surface area contributed by atoms with Crippen molar-refractivity contribution in [1.29, 1.82) is 0 Å². The Labute approximate surface area is 153 Å². The number of aliphatic carboxylic acids is 1. The minimum absolute atomic E-state index is 0.179. The second-order valence-electron chi connectivity index (χ2n) is 7.36. The zero-order valence-electron chi connectivity index (χ0n) is 15.9. The van der Waals surface area contributed by atoms with Gasteiger partial charge in [-0.15, -0.1) is 0 Å². The van der Waals surface area contributed by atoms with Crippen molar-refractivity contribution in [3.8, 4) is 5.69 Å². The normalized spacial score (nSPS) is 12.5. The maximum absolute atomic E-state index is 11.8. The predicted octanol–water partition coefficient (Wildman–Crippen LogP) is 3.61. The Hall–Kier alpha value is -2.76. The maximum Gasteiger partial charge on any atom is 0.408 e. The molecule has 1 aromatic carbocycles. The van der Waals surface area contributed by atoms with E-state index < -0.39 is 23.7 Å². The second-order valence-corrected chi connectivity index (χ2v) is 7.36. The number of aromatic nitrogens is 1. The quantitative estimate of drug-likeness (QED) is 0.855. The van der Waals surface area contributed by atoms with E-state index in [4.69, 9.17) is 4.74 Å². The summed E-state index contributed by atoms with van der Waals surface area (Å²) in [4.78, 5) is 23.3. The number of nitrogens with one attached hydrogen (secondary N) is 1. The monoisotopic (exact) mass is 358 g/mol. The van der Waals surface area contributed by atoms with Gasteiger partial charge in [0.25, 0.3) is 0 Å². The molecule has 0 aliphatic carbocycles. The van der Waals surface area contributed by atoms with Gasteiger partial charge in [-0.05, 0) is 64.4 Å². The molecule has 6 nitrogen and oxygen atoms in total. The van der Waals surface area contributed by atoms with Crippen LogP contribution in [-0.2, 0) is 16.0 Å². The molecule has 26 heavy (non-hydrogen) atoms. The zero-order chi connectivity index (χ0) is 19.5. The number of ether oxygens (including phenoxy) is 1. The predicted molar refractivity (Wildman–Crippen MR) is 99.7 cm³/mol. The standard InChI is InChI=1S/C20H26N2O4/c1-13-6-7-14(2)22(13)16-10-8-15(9-11-16)12-17(18(23)24)21-19(25)26-20(3,4)5/h6-11,17H,12H2,1-5H3,(H,21,25)(H,23,24). The van der Waals surface area contributed by atoms with Gasteiger partial charge >= 0.3 is 12.1 Å². The van der Waals surface area contributed by atoms with Crippen LogP contribution in [0.15, 0.2) is 36.4 Å². The van der Waals surface area contributed by atoms with Crippen LogP contribution in [0.2, 0.25) is 0 Å². The van der Waals surface area contributed by atoms with Crippen molar-refractivity contribution < 1.29 is 19.4 Å². The van der Waals surface area contributed by atoms with Gasteiger partial charge in [-0.25, -0.2) is 9.59 Å². The summed E-state index contributed by atoms with van der Waals surface area (Å²) in [6.07, 6.45) is -0.557. The Kier molecular flexibility index (Phi) is 5.75. The van der Waals surface area contributed by atoms with E-state index in [9.17, 15) is 14.7 Å². The molecule has 0 saturated carbocycles. The Bertz CT molecular complexity index is 766. The van der Waals surface area contributed by atoms with E-state index in [0.29, 0.717) is 0 Å². The molecule has 0 aliphatic heterocycles. The van der Waals surface area contributed by atoms with Crippen LogP contribution in [-0.4, -0.2) is 33.4 Å². The van der Waals surface area contributed by atoms with E-state index in [1.165, 1.54) is 0 Å². The van der Waals surface area contributed by atoms with Crippen molar-refractivity contribution in [2.24, 2.45) is 0 Å². The van der Waals surface area contributed by atoms with E-state index in [1.807, 2.05) is 38.1 Å². The third-order valence-electron chi connectivity index (χ3n) is 3.89. The zero-order valence-corrected chi connectivity index (χ0v) is 15.9. The van der Waals surface area contributed by atoms with Crippen molar-refractivity contribution >= 4 is 12.1 Å². The fraction of sp³-hybridized carbons (Fsp3) is 0.400. The molecule has 6 heteroatoms. The summed E-state index contributed by atoms with van der Waals surface area (Å²) < 4.78 is 7.26.